The molecule has 3 rings (SSSR count). The molecular formula is C16H16N4O5S. The van der Waals surface area contributed by atoms with Gasteiger partial charge >= 0.3 is 6.03 Å². The molecule has 0 radical (unpaired) electrons. The normalized spacial score (nSPS) is 18.1. The van der Waals surface area contributed by atoms with E-state index in [0.717, 1.165) is 0 Å². The second-order valence-electron chi connectivity index (χ2n) is 5.59. The molecule has 9 nitrogen and oxygen atoms in total. The lowest BCUT2D eigenvalue weighted by atomic mass is 10.1. The van der Waals surface area contributed by atoms with Crippen LogP contribution in [0.4, 0.5) is 4.79 Å². The van der Waals surface area contributed by atoms with Gasteiger partial charge < -0.3 is 10.1 Å². The average Bonchev–Trinajstić information content (AvgIpc) is 2.94. The molecule has 0 saturated carbocycles. The van der Waals surface area contributed by atoms with Gasteiger partial charge in [0.05, 0.1) is 4.90 Å². The van der Waals surface area contributed by atoms with Crippen molar-refractivity contribution in [2.45, 2.75) is 23.9 Å². The van der Waals surface area contributed by atoms with E-state index in [1.165, 1.54) is 31.2 Å². The first-order valence-corrected chi connectivity index (χ1v) is 9.16. The van der Waals surface area contributed by atoms with E-state index in [2.05, 4.69) is 20.3 Å². The number of amides is 3. The standard InChI is InChI=1S/C16H16N4O5S/c1-10(14-15(21)19-16(22)18-14)20-26(23,24)12-7-5-11(6-8-12)25-13-4-2-3-9-17-13/h2-10,14,20H,1H3,(H2,18,19,21,22)/t10-,14+/m1/s1. The maximum absolute atomic E-state index is 12.4. The van der Waals surface area contributed by atoms with Gasteiger partial charge in [0.2, 0.25) is 15.9 Å². The minimum absolute atomic E-state index is 0.00227. The second-order valence-corrected chi connectivity index (χ2v) is 7.31. The summed E-state index contributed by atoms with van der Waals surface area (Å²) in [6.07, 6.45) is 1.58. The topological polar surface area (TPSA) is 126 Å². The smallest absolute Gasteiger partial charge is 0.322 e. The summed E-state index contributed by atoms with van der Waals surface area (Å²) in [5.41, 5.74) is 0. The SMILES string of the molecule is C[C@@H](NS(=O)(=O)c1ccc(Oc2ccccn2)cc1)[C@@H]1NC(=O)NC1=O. The minimum atomic E-state index is -3.88. The third-order valence-electron chi connectivity index (χ3n) is 3.64. The first-order chi connectivity index (χ1) is 12.3. The molecule has 2 atom stereocenters. The summed E-state index contributed by atoms with van der Waals surface area (Å²) in [5.74, 6) is 0.236. The first-order valence-electron chi connectivity index (χ1n) is 7.68. The maximum atomic E-state index is 12.4. The Kier molecular flexibility index (Phi) is 4.87. The van der Waals surface area contributed by atoms with Gasteiger partial charge in [-0.25, -0.2) is 22.9 Å². The van der Waals surface area contributed by atoms with E-state index in [0.29, 0.717) is 11.6 Å². The van der Waals surface area contributed by atoms with Gasteiger partial charge in [-0.15, -0.1) is 0 Å². The maximum Gasteiger partial charge on any atom is 0.322 e. The highest BCUT2D eigenvalue weighted by molar-refractivity contribution is 7.89. The van der Waals surface area contributed by atoms with Crippen molar-refractivity contribution in [1.82, 2.24) is 20.3 Å². The highest BCUT2D eigenvalue weighted by Gasteiger charge is 2.36. The Morgan fingerprint density at radius 3 is 2.46 bits per heavy atom. The van der Waals surface area contributed by atoms with Crippen molar-refractivity contribution in [1.29, 1.82) is 0 Å². The van der Waals surface area contributed by atoms with Crippen molar-refractivity contribution in [3.05, 3.63) is 48.7 Å². The van der Waals surface area contributed by atoms with E-state index < -0.39 is 34.0 Å². The third kappa shape index (κ3) is 3.98. The number of carbonyl (C=O) groups is 2. The fourth-order valence-electron chi connectivity index (χ4n) is 2.38. The zero-order valence-electron chi connectivity index (χ0n) is 13.7. The summed E-state index contributed by atoms with van der Waals surface area (Å²) in [6, 6.07) is 8.50. The number of ether oxygens (including phenoxy) is 1. The molecule has 0 bridgehead atoms. The molecule has 1 saturated heterocycles. The fourth-order valence-corrected chi connectivity index (χ4v) is 3.64. The largest absolute Gasteiger partial charge is 0.439 e. The van der Waals surface area contributed by atoms with Crippen molar-refractivity contribution < 1.29 is 22.7 Å². The number of nitrogens with one attached hydrogen (secondary N) is 3. The zero-order chi connectivity index (χ0) is 18.7. The first kappa shape index (κ1) is 17.8. The van der Waals surface area contributed by atoms with Gasteiger partial charge in [-0.3, -0.25) is 10.1 Å². The Hall–Kier alpha value is -2.98. The molecule has 3 amide bonds. The molecule has 1 aromatic heterocycles. The Morgan fingerprint density at radius 1 is 1.15 bits per heavy atom. The lowest BCUT2D eigenvalue weighted by Crippen LogP contribution is -2.49. The molecule has 2 heterocycles. The molecule has 1 aliphatic heterocycles. The number of carbonyl (C=O) groups excluding carboxylic acids is 2. The number of urea groups is 1. The number of hydrogen-bond acceptors (Lipinski definition) is 6. The highest BCUT2D eigenvalue weighted by Crippen LogP contribution is 2.21. The highest BCUT2D eigenvalue weighted by atomic mass is 32.2. The number of pyridine rings is 1. The van der Waals surface area contributed by atoms with E-state index in [4.69, 9.17) is 4.74 Å². The van der Waals surface area contributed by atoms with Gasteiger partial charge in [0, 0.05) is 18.3 Å². The van der Waals surface area contributed by atoms with Crippen LogP contribution in [0.15, 0.2) is 53.6 Å². The van der Waals surface area contributed by atoms with Crippen molar-refractivity contribution in [2.75, 3.05) is 0 Å². The number of nitrogens with zero attached hydrogens (tertiary/aromatic N) is 1. The Morgan fingerprint density at radius 2 is 1.88 bits per heavy atom. The van der Waals surface area contributed by atoms with Crippen LogP contribution >= 0.6 is 0 Å². The second kappa shape index (κ2) is 7.10. The lowest BCUT2D eigenvalue weighted by molar-refractivity contribution is -0.120. The molecule has 26 heavy (non-hydrogen) atoms. The Balaban J connectivity index is 1.69. The van der Waals surface area contributed by atoms with Crippen LogP contribution in [0, 0.1) is 0 Å². The van der Waals surface area contributed by atoms with Crippen LogP contribution in [0.5, 0.6) is 11.6 Å². The summed E-state index contributed by atoms with van der Waals surface area (Å²) in [6.45, 7) is 1.49. The molecular weight excluding hydrogens is 360 g/mol. The van der Waals surface area contributed by atoms with Gasteiger partial charge in [-0.1, -0.05) is 6.07 Å². The third-order valence-corrected chi connectivity index (χ3v) is 5.22. The van der Waals surface area contributed by atoms with Crippen molar-refractivity contribution >= 4 is 22.0 Å². The fraction of sp³-hybridized carbons (Fsp3) is 0.188. The molecule has 10 heteroatoms. The summed E-state index contributed by atoms with van der Waals surface area (Å²) < 4.78 is 32.8. The number of sulfonamides is 1. The predicted molar refractivity (Wildman–Crippen MR) is 91.0 cm³/mol. The van der Waals surface area contributed by atoms with Crippen LogP contribution in [0.2, 0.25) is 0 Å². The molecule has 136 valence electrons. The van der Waals surface area contributed by atoms with Gasteiger partial charge in [0.1, 0.15) is 11.8 Å². The number of hydrogen-bond donors (Lipinski definition) is 3. The van der Waals surface area contributed by atoms with E-state index in [9.17, 15) is 18.0 Å². The van der Waals surface area contributed by atoms with Gasteiger partial charge in [0.25, 0.3) is 5.91 Å². The number of rotatable bonds is 6. The zero-order valence-corrected chi connectivity index (χ0v) is 14.5. The van der Waals surface area contributed by atoms with Crippen LogP contribution in [-0.2, 0) is 14.8 Å². The summed E-state index contributed by atoms with van der Waals surface area (Å²) in [4.78, 5) is 26.8. The van der Waals surface area contributed by atoms with Gasteiger partial charge in [-0.2, -0.15) is 0 Å². The average molecular weight is 376 g/mol. The van der Waals surface area contributed by atoms with Crippen molar-refractivity contribution in [3.8, 4) is 11.6 Å². The molecule has 0 spiro atoms. The van der Waals surface area contributed by atoms with Gasteiger partial charge in [0.15, 0.2) is 0 Å². The molecule has 3 N–H and O–H groups in total. The van der Waals surface area contributed by atoms with Crippen LogP contribution in [0.25, 0.3) is 0 Å². The van der Waals surface area contributed by atoms with Gasteiger partial charge in [-0.05, 0) is 37.3 Å². The molecule has 0 unspecified atom stereocenters. The van der Waals surface area contributed by atoms with Crippen molar-refractivity contribution in [2.24, 2.45) is 0 Å². The quantitative estimate of drug-likeness (QED) is 0.639. The molecule has 2 aromatic rings. The van der Waals surface area contributed by atoms with E-state index in [1.54, 1.807) is 24.4 Å². The molecule has 1 fully saturated rings. The van der Waals surface area contributed by atoms with E-state index in [1.807, 2.05) is 0 Å². The van der Waals surface area contributed by atoms with Crippen LogP contribution < -0.4 is 20.1 Å². The lowest BCUT2D eigenvalue weighted by Gasteiger charge is -2.18. The molecule has 1 aromatic carbocycles. The molecule has 1 aliphatic rings. The van der Waals surface area contributed by atoms with Crippen LogP contribution in [0.1, 0.15) is 6.92 Å². The van der Waals surface area contributed by atoms with Crippen molar-refractivity contribution in [3.63, 3.8) is 0 Å². The van der Waals surface area contributed by atoms with E-state index in [-0.39, 0.29) is 4.90 Å². The number of imide groups is 1. The minimum Gasteiger partial charge on any atom is -0.439 e. The number of aromatic nitrogens is 1. The monoisotopic (exact) mass is 376 g/mol. The summed E-state index contributed by atoms with van der Waals surface area (Å²) in [7, 11) is -3.88. The Bertz CT molecular complexity index is 915. The van der Waals surface area contributed by atoms with Crippen LogP contribution in [-0.4, -0.2) is 37.4 Å². The van der Waals surface area contributed by atoms with E-state index >= 15 is 0 Å². The summed E-state index contributed by atoms with van der Waals surface area (Å²) >= 11 is 0. The number of benzene rings is 1. The Labute approximate surface area is 149 Å². The molecule has 0 aliphatic carbocycles. The van der Waals surface area contributed by atoms with Crippen LogP contribution in [0.3, 0.4) is 0 Å². The summed E-state index contributed by atoms with van der Waals surface area (Å²) in [5, 5.41) is 4.42. The predicted octanol–water partition coefficient (Wildman–Crippen LogP) is 0.749.